The van der Waals surface area contributed by atoms with E-state index in [0.29, 0.717) is 0 Å². The minimum atomic E-state index is -0.106. The van der Waals surface area contributed by atoms with Crippen molar-refractivity contribution >= 4 is 0 Å². The van der Waals surface area contributed by atoms with Gasteiger partial charge in [0.2, 0.25) is 0 Å². The monoisotopic (exact) mass is 327 g/mol. The van der Waals surface area contributed by atoms with Crippen LogP contribution in [0.25, 0.3) is 11.3 Å². The van der Waals surface area contributed by atoms with Crippen LogP contribution in [0.4, 0.5) is 0 Å². The Morgan fingerprint density at radius 1 is 1.21 bits per heavy atom. The molecule has 0 unspecified atom stereocenters. The predicted molar refractivity (Wildman–Crippen MR) is 95.3 cm³/mol. The van der Waals surface area contributed by atoms with Gasteiger partial charge >= 0.3 is 0 Å². The largest absolute Gasteiger partial charge is 0.494 e. The number of likely N-dealkylation sites (tertiary alicyclic amines) is 1. The van der Waals surface area contributed by atoms with E-state index in [9.17, 15) is 4.79 Å². The molecule has 24 heavy (non-hydrogen) atoms. The molecule has 128 valence electrons. The third kappa shape index (κ3) is 4.03. The van der Waals surface area contributed by atoms with Crippen molar-refractivity contribution in [2.75, 3.05) is 19.7 Å². The summed E-state index contributed by atoms with van der Waals surface area (Å²) in [7, 11) is 1.66. The number of nitrogens with zero attached hydrogens (tertiary/aromatic N) is 3. The molecule has 0 aliphatic carbocycles. The van der Waals surface area contributed by atoms with E-state index in [-0.39, 0.29) is 5.56 Å². The molecule has 0 amide bonds. The van der Waals surface area contributed by atoms with Crippen molar-refractivity contribution in [3.05, 3.63) is 46.8 Å². The maximum absolute atomic E-state index is 11.4. The lowest BCUT2D eigenvalue weighted by atomic mass is 10.1. The highest BCUT2D eigenvalue weighted by atomic mass is 16.5. The van der Waals surface area contributed by atoms with E-state index in [1.807, 2.05) is 24.3 Å². The van der Waals surface area contributed by atoms with Crippen molar-refractivity contribution in [3.63, 3.8) is 0 Å². The number of hydrogen-bond donors (Lipinski definition) is 0. The SMILES string of the molecule is C[C@H]1CCCN1CCCOc1ccc(-c2ccc(=O)n(C)n2)cc1. The molecule has 5 heteroatoms. The molecule has 0 N–H and O–H groups in total. The standard InChI is InChI=1S/C19H25N3O2/c1-15-5-3-12-22(15)13-4-14-24-17-8-6-16(7-9-17)18-10-11-19(23)21(2)20-18/h6-11,15H,3-5,12-14H2,1-2H3/t15-/m0/s1. The van der Waals surface area contributed by atoms with Crippen molar-refractivity contribution < 1.29 is 4.74 Å². The van der Waals surface area contributed by atoms with Gasteiger partial charge in [0.1, 0.15) is 5.75 Å². The number of aryl methyl sites for hydroxylation is 1. The van der Waals surface area contributed by atoms with Crippen molar-refractivity contribution in [2.45, 2.75) is 32.2 Å². The van der Waals surface area contributed by atoms with Gasteiger partial charge in [0.15, 0.2) is 0 Å². The molecule has 2 heterocycles. The molecule has 0 saturated carbocycles. The molecule has 3 rings (SSSR count). The van der Waals surface area contributed by atoms with E-state index in [1.54, 1.807) is 13.1 Å². The van der Waals surface area contributed by atoms with Crippen LogP contribution in [0.15, 0.2) is 41.2 Å². The van der Waals surface area contributed by atoms with Crippen LogP contribution in [0, 0.1) is 0 Å². The molecule has 1 fully saturated rings. The second kappa shape index (κ2) is 7.62. The minimum absolute atomic E-state index is 0.106. The first-order valence-corrected chi connectivity index (χ1v) is 8.65. The molecule has 1 saturated heterocycles. The first-order valence-electron chi connectivity index (χ1n) is 8.65. The van der Waals surface area contributed by atoms with E-state index in [4.69, 9.17) is 4.74 Å². The maximum atomic E-state index is 11.4. The van der Waals surface area contributed by atoms with Gasteiger partial charge in [-0.2, -0.15) is 5.10 Å². The van der Waals surface area contributed by atoms with Crippen LogP contribution in [0.1, 0.15) is 26.2 Å². The van der Waals surface area contributed by atoms with Crippen molar-refractivity contribution in [1.82, 2.24) is 14.7 Å². The molecule has 5 nitrogen and oxygen atoms in total. The summed E-state index contributed by atoms with van der Waals surface area (Å²) in [6, 6.07) is 11.9. The van der Waals surface area contributed by atoms with Gasteiger partial charge in [-0.15, -0.1) is 0 Å². The highest BCUT2D eigenvalue weighted by Gasteiger charge is 2.18. The number of aromatic nitrogens is 2. The summed E-state index contributed by atoms with van der Waals surface area (Å²) >= 11 is 0. The van der Waals surface area contributed by atoms with Crippen LogP contribution in [0.3, 0.4) is 0 Å². The Balaban J connectivity index is 1.51. The highest BCUT2D eigenvalue weighted by molar-refractivity contribution is 5.59. The van der Waals surface area contributed by atoms with Crippen LogP contribution in [0.5, 0.6) is 5.75 Å². The summed E-state index contributed by atoms with van der Waals surface area (Å²) in [5.41, 5.74) is 1.65. The van der Waals surface area contributed by atoms with Crippen LogP contribution in [0.2, 0.25) is 0 Å². The lowest BCUT2D eigenvalue weighted by Crippen LogP contribution is -2.28. The van der Waals surface area contributed by atoms with Crippen LogP contribution >= 0.6 is 0 Å². The zero-order valence-corrected chi connectivity index (χ0v) is 14.4. The summed E-state index contributed by atoms with van der Waals surface area (Å²) in [6.07, 6.45) is 3.69. The topological polar surface area (TPSA) is 47.4 Å². The summed E-state index contributed by atoms with van der Waals surface area (Å²) in [5.74, 6) is 0.873. The van der Waals surface area contributed by atoms with Gasteiger partial charge in [-0.1, -0.05) is 0 Å². The van der Waals surface area contributed by atoms with Crippen LogP contribution in [-0.4, -0.2) is 40.4 Å². The van der Waals surface area contributed by atoms with Crippen LogP contribution < -0.4 is 10.3 Å². The summed E-state index contributed by atoms with van der Waals surface area (Å²) in [6.45, 7) is 5.38. The Labute approximate surface area is 142 Å². The quantitative estimate of drug-likeness (QED) is 0.766. The number of hydrogen-bond acceptors (Lipinski definition) is 4. The molecule has 1 aromatic carbocycles. The molecule has 1 aromatic heterocycles. The van der Waals surface area contributed by atoms with E-state index >= 15 is 0 Å². The van der Waals surface area contributed by atoms with Crippen molar-refractivity contribution in [1.29, 1.82) is 0 Å². The highest BCUT2D eigenvalue weighted by Crippen LogP contribution is 2.20. The molecule has 2 aromatic rings. The molecule has 1 atom stereocenters. The van der Waals surface area contributed by atoms with Gasteiger partial charge < -0.3 is 9.64 Å². The number of benzene rings is 1. The molecule has 1 aliphatic rings. The summed E-state index contributed by atoms with van der Waals surface area (Å²) < 4.78 is 7.18. The van der Waals surface area contributed by atoms with E-state index < -0.39 is 0 Å². The Morgan fingerprint density at radius 3 is 2.67 bits per heavy atom. The zero-order chi connectivity index (χ0) is 16.9. The Morgan fingerprint density at radius 2 is 2.00 bits per heavy atom. The second-order valence-corrected chi connectivity index (χ2v) is 6.43. The van der Waals surface area contributed by atoms with E-state index in [2.05, 4.69) is 16.9 Å². The maximum Gasteiger partial charge on any atom is 0.266 e. The van der Waals surface area contributed by atoms with Crippen molar-refractivity contribution in [3.8, 4) is 17.0 Å². The lowest BCUT2D eigenvalue weighted by molar-refractivity contribution is 0.230. The third-order valence-corrected chi connectivity index (χ3v) is 4.66. The smallest absolute Gasteiger partial charge is 0.266 e. The Bertz CT molecular complexity index is 724. The Hall–Kier alpha value is -2.14. The number of ether oxygens (including phenoxy) is 1. The molecule has 0 spiro atoms. The minimum Gasteiger partial charge on any atom is -0.494 e. The first kappa shape index (κ1) is 16.7. The molecule has 1 aliphatic heterocycles. The summed E-state index contributed by atoms with van der Waals surface area (Å²) in [4.78, 5) is 13.9. The fourth-order valence-corrected chi connectivity index (χ4v) is 3.16. The normalized spacial score (nSPS) is 18.0. The zero-order valence-electron chi connectivity index (χ0n) is 14.4. The van der Waals surface area contributed by atoms with E-state index in [0.717, 1.165) is 42.6 Å². The molecule has 0 bridgehead atoms. The molecule has 0 radical (unpaired) electrons. The number of rotatable bonds is 6. The second-order valence-electron chi connectivity index (χ2n) is 6.43. The van der Waals surface area contributed by atoms with Gasteiger partial charge in [-0.25, -0.2) is 4.68 Å². The van der Waals surface area contributed by atoms with E-state index in [1.165, 1.54) is 30.1 Å². The third-order valence-electron chi connectivity index (χ3n) is 4.66. The van der Waals surface area contributed by atoms with Gasteiger partial charge in [-0.3, -0.25) is 4.79 Å². The molecular formula is C19H25N3O2. The average molecular weight is 327 g/mol. The molecular weight excluding hydrogens is 302 g/mol. The van der Waals surface area contributed by atoms with Gasteiger partial charge in [0.05, 0.1) is 12.3 Å². The Kier molecular flexibility index (Phi) is 5.30. The van der Waals surface area contributed by atoms with Crippen molar-refractivity contribution in [2.24, 2.45) is 7.05 Å². The predicted octanol–water partition coefficient (Wildman–Crippen LogP) is 2.70. The fraction of sp³-hybridized carbons (Fsp3) is 0.474. The average Bonchev–Trinajstić information content (AvgIpc) is 3.00. The lowest BCUT2D eigenvalue weighted by Gasteiger charge is -2.20. The van der Waals surface area contributed by atoms with Gasteiger partial charge in [-0.05, 0) is 63.1 Å². The fourth-order valence-electron chi connectivity index (χ4n) is 3.16. The summed E-state index contributed by atoms with van der Waals surface area (Å²) in [5, 5.41) is 4.26. The van der Waals surface area contributed by atoms with Gasteiger partial charge in [0, 0.05) is 31.3 Å². The van der Waals surface area contributed by atoms with Gasteiger partial charge in [0.25, 0.3) is 5.56 Å². The van der Waals surface area contributed by atoms with Crippen LogP contribution in [-0.2, 0) is 7.05 Å². The first-order chi connectivity index (χ1) is 11.6.